The van der Waals surface area contributed by atoms with Crippen LogP contribution in [0.2, 0.25) is 0 Å². The van der Waals surface area contributed by atoms with Gasteiger partial charge in [-0.3, -0.25) is 4.79 Å². The van der Waals surface area contributed by atoms with Crippen LogP contribution in [0.4, 0.5) is 4.79 Å². The van der Waals surface area contributed by atoms with E-state index >= 15 is 0 Å². The van der Waals surface area contributed by atoms with Crippen molar-refractivity contribution in [2.24, 2.45) is 18.7 Å². The standard InChI is InChI=1S/C30H37N7O3/c1-5-30(2,3)40-29(39)36-16-21(31)23(17-36)34-28(38)20-10-11-24-22(13-20)33-27(35(24)4)25-14-19-7-6-12-32-26(19)37(25)15-18-8-9-18/h6-7,10-14,18,21,23H,5,8-9,15-17,31H2,1-4H3,(H,34,38)/t21-,23-/m0/s1. The van der Waals surface area contributed by atoms with Gasteiger partial charge in [0.2, 0.25) is 0 Å². The number of nitrogens with one attached hydrogen (secondary N) is 1. The lowest BCUT2D eigenvalue weighted by molar-refractivity contribution is 0.0148. The Hall–Kier alpha value is -3.92. The first-order valence-electron chi connectivity index (χ1n) is 14.1. The van der Waals surface area contributed by atoms with Crippen LogP contribution in [0.1, 0.15) is 50.4 Å². The van der Waals surface area contributed by atoms with Crippen LogP contribution in [-0.4, -0.2) is 66.8 Å². The molecule has 4 aromatic rings. The molecule has 1 saturated heterocycles. The number of carbonyl (C=O) groups is 2. The zero-order valence-electron chi connectivity index (χ0n) is 23.6. The first kappa shape index (κ1) is 26.3. The molecule has 1 aliphatic carbocycles. The van der Waals surface area contributed by atoms with Crippen molar-refractivity contribution in [3.8, 4) is 11.5 Å². The summed E-state index contributed by atoms with van der Waals surface area (Å²) in [6.07, 6.45) is 4.62. The average Bonchev–Trinajstić information content (AvgIpc) is 3.46. The minimum Gasteiger partial charge on any atom is -0.443 e. The maximum Gasteiger partial charge on any atom is 0.410 e. The lowest BCUT2D eigenvalue weighted by Gasteiger charge is -2.26. The summed E-state index contributed by atoms with van der Waals surface area (Å²) in [6.45, 7) is 7.29. The van der Waals surface area contributed by atoms with Crippen LogP contribution in [0.3, 0.4) is 0 Å². The van der Waals surface area contributed by atoms with Crippen molar-refractivity contribution in [1.82, 2.24) is 29.3 Å². The Kier molecular flexibility index (Phi) is 6.53. The van der Waals surface area contributed by atoms with Gasteiger partial charge in [0.1, 0.15) is 11.2 Å². The zero-order valence-corrected chi connectivity index (χ0v) is 23.6. The molecule has 3 N–H and O–H groups in total. The van der Waals surface area contributed by atoms with Crippen molar-refractivity contribution < 1.29 is 14.3 Å². The van der Waals surface area contributed by atoms with E-state index in [9.17, 15) is 9.59 Å². The summed E-state index contributed by atoms with van der Waals surface area (Å²) < 4.78 is 9.96. The summed E-state index contributed by atoms with van der Waals surface area (Å²) in [7, 11) is 2.00. The zero-order chi connectivity index (χ0) is 28.2. The number of rotatable bonds is 7. The van der Waals surface area contributed by atoms with Crippen LogP contribution in [0.5, 0.6) is 0 Å². The highest BCUT2D eigenvalue weighted by atomic mass is 16.6. The molecule has 0 unspecified atom stereocenters. The number of carbonyl (C=O) groups excluding carboxylic acids is 2. The number of amides is 2. The summed E-state index contributed by atoms with van der Waals surface area (Å²) in [5.41, 5.74) is 9.93. The Labute approximate surface area is 233 Å². The number of pyridine rings is 1. The van der Waals surface area contributed by atoms with Crippen LogP contribution in [0.15, 0.2) is 42.6 Å². The molecule has 40 heavy (non-hydrogen) atoms. The summed E-state index contributed by atoms with van der Waals surface area (Å²) in [5, 5.41) is 4.11. The van der Waals surface area contributed by atoms with Gasteiger partial charge < -0.3 is 29.8 Å². The SMILES string of the molecule is CCC(C)(C)OC(=O)N1C[C@H](NC(=O)c2ccc3c(c2)nc(-c2cc4cccnc4n2CC2CC2)n3C)[C@@H](N)C1. The third-order valence-corrected chi connectivity index (χ3v) is 8.32. The predicted molar refractivity (Wildman–Crippen MR) is 154 cm³/mol. The molecule has 2 atom stereocenters. The molecule has 1 aliphatic heterocycles. The molecule has 210 valence electrons. The smallest absolute Gasteiger partial charge is 0.410 e. The Morgan fingerprint density at radius 3 is 2.73 bits per heavy atom. The third kappa shape index (κ3) is 4.92. The highest BCUT2D eigenvalue weighted by Gasteiger charge is 2.36. The third-order valence-electron chi connectivity index (χ3n) is 8.32. The Morgan fingerprint density at radius 2 is 1.98 bits per heavy atom. The minimum atomic E-state index is -0.553. The van der Waals surface area contributed by atoms with Gasteiger partial charge in [-0.1, -0.05) is 6.92 Å². The maximum atomic E-state index is 13.3. The highest BCUT2D eigenvalue weighted by Crippen LogP contribution is 2.36. The number of fused-ring (bicyclic) bond motifs is 2. The van der Waals surface area contributed by atoms with Gasteiger partial charge in [-0.15, -0.1) is 0 Å². The normalized spacial score (nSPS) is 19.5. The van der Waals surface area contributed by atoms with Crippen molar-refractivity contribution >= 4 is 34.1 Å². The van der Waals surface area contributed by atoms with E-state index < -0.39 is 11.7 Å². The molecule has 3 aromatic heterocycles. The maximum absolute atomic E-state index is 13.3. The lowest BCUT2D eigenvalue weighted by atomic mass is 10.1. The molecule has 0 spiro atoms. The Balaban J connectivity index is 1.23. The number of likely N-dealkylation sites (tertiary alicyclic amines) is 1. The van der Waals surface area contributed by atoms with E-state index in [-0.39, 0.29) is 18.0 Å². The van der Waals surface area contributed by atoms with Gasteiger partial charge in [-0.25, -0.2) is 14.8 Å². The first-order valence-corrected chi connectivity index (χ1v) is 14.1. The minimum absolute atomic E-state index is 0.245. The van der Waals surface area contributed by atoms with E-state index in [1.54, 1.807) is 11.0 Å². The number of hydrogen-bond donors (Lipinski definition) is 2. The number of imidazole rings is 1. The van der Waals surface area contributed by atoms with Crippen molar-refractivity contribution in [3.05, 3.63) is 48.2 Å². The van der Waals surface area contributed by atoms with Crippen molar-refractivity contribution in [2.75, 3.05) is 13.1 Å². The summed E-state index contributed by atoms with van der Waals surface area (Å²) in [4.78, 5) is 37.1. The number of aryl methyl sites for hydroxylation is 1. The first-order chi connectivity index (χ1) is 19.1. The molecule has 10 nitrogen and oxygen atoms in total. The van der Waals surface area contributed by atoms with Gasteiger partial charge in [-0.2, -0.15) is 0 Å². The molecule has 4 heterocycles. The molecule has 2 amide bonds. The summed E-state index contributed by atoms with van der Waals surface area (Å²) >= 11 is 0. The predicted octanol–water partition coefficient (Wildman–Crippen LogP) is 4.07. The number of aromatic nitrogens is 4. The van der Waals surface area contributed by atoms with Gasteiger partial charge in [0.15, 0.2) is 5.82 Å². The van der Waals surface area contributed by atoms with Crippen LogP contribution in [0, 0.1) is 5.92 Å². The second-order valence-corrected chi connectivity index (χ2v) is 11.8. The summed E-state index contributed by atoms with van der Waals surface area (Å²) in [5.74, 6) is 1.28. The van der Waals surface area contributed by atoms with Crippen molar-refractivity contribution in [1.29, 1.82) is 0 Å². The van der Waals surface area contributed by atoms with E-state index in [1.807, 2.05) is 52.2 Å². The van der Waals surface area contributed by atoms with E-state index in [1.165, 1.54) is 12.8 Å². The van der Waals surface area contributed by atoms with E-state index in [0.717, 1.165) is 40.1 Å². The number of nitrogens with zero attached hydrogens (tertiary/aromatic N) is 5. The highest BCUT2D eigenvalue weighted by molar-refractivity contribution is 5.98. The molecular formula is C30H37N7O3. The fraction of sp³-hybridized carbons (Fsp3) is 0.467. The lowest BCUT2D eigenvalue weighted by Crippen LogP contribution is -2.46. The Bertz CT molecular complexity index is 1600. The molecule has 1 saturated carbocycles. The fourth-order valence-corrected chi connectivity index (χ4v) is 5.34. The average molecular weight is 544 g/mol. The van der Waals surface area contributed by atoms with Gasteiger partial charge in [0, 0.05) is 49.9 Å². The van der Waals surface area contributed by atoms with Crippen molar-refractivity contribution in [2.45, 2.75) is 64.3 Å². The molecule has 6 rings (SSSR count). The van der Waals surface area contributed by atoms with E-state index in [4.69, 9.17) is 15.5 Å². The van der Waals surface area contributed by atoms with Crippen molar-refractivity contribution in [3.63, 3.8) is 0 Å². The topological polar surface area (TPSA) is 120 Å². The molecule has 0 bridgehead atoms. The van der Waals surface area contributed by atoms with Crippen LogP contribution in [0.25, 0.3) is 33.6 Å². The second kappa shape index (κ2) is 9.92. The molecule has 0 radical (unpaired) electrons. The number of nitrogens with two attached hydrogens (primary N) is 1. The molecule has 2 aliphatic rings. The Morgan fingerprint density at radius 1 is 1.18 bits per heavy atom. The largest absolute Gasteiger partial charge is 0.443 e. The number of hydrogen-bond acceptors (Lipinski definition) is 6. The number of ether oxygens (including phenoxy) is 1. The van der Waals surface area contributed by atoms with Gasteiger partial charge in [-0.05, 0) is 75.4 Å². The summed E-state index contributed by atoms with van der Waals surface area (Å²) in [6, 6.07) is 11.0. The number of benzene rings is 1. The van der Waals surface area contributed by atoms with Crippen LogP contribution < -0.4 is 11.1 Å². The molecule has 10 heteroatoms. The fourth-order valence-electron chi connectivity index (χ4n) is 5.34. The molecule has 1 aromatic carbocycles. The van der Waals surface area contributed by atoms with E-state index in [2.05, 4.69) is 31.6 Å². The monoisotopic (exact) mass is 543 g/mol. The molecule has 2 fully saturated rings. The van der Waals surface area contributed by atoms with Gasteiger partial charge >= 0.3 is 6.09 Å². The van der Waals surface area contributed by atoms with Crippen LogP contribution >= 0.6 is 0 Å². The molecular weight excluding hydrogens is 506 g/mol. The van der Waals surface area contributed by atoms with E-state index in [0.29, 0.717) is 31.0 Å². The second-order valence-electron chi connectivity index (χ2n) is 11.8. The quantitative estimate of drug-likeness (QED) is 0.363. The van der Waals surface area contributed by atoms with Gasteiger partial charge in [0.25, 0.3) is 5.91 Å². The van der Waals surface area contributed by atoms with Crippen LogP contribution in [-0.2, 0) is 18.3 Å². The van der Waals surface area contributed by atoms with Gasteiger partial charge in [0.05, 0.1) is 22.8 Å².